The molecule has 0 radical (unpaired) electrons. The molecule has 0 saturated carbocycles. The fourth-order valence-electron chi connectivity index (χ4n) is 3.70. The number of aromatic nitrogens is 2. The Labute approximate surface area is 234 Å². The fraction of sp³-hybridized carbons (Fsp3) is 0.630. The second-order valence-corrected chi connectivity index (χ2v) is 27.5. The van der Waals surface area contributed by atoms with E-state index in [1.807, 2.05) is 18.2 Å². The third-order valence-corrected chi connectivity index (χ3v) is 22.1. The second kappa shape index (κ2) is 10.9. The predicted molar refractivity (Wildman–Crippen MR) is 162 cm³/mol. The number of thioether (sulfide) groups is 1. The van der Waals surface area contributed by atoms with Crippen molar-refractivity contribution < 1.29 is 8.85 Å². The number of benzene rings is 1. The van der Waals surface area contributed by atoms with E-state index in [2.05, 4.69) is 84.8 Å². The molecule has 2 heterocycles. The van der Waals surface area contributed by atoms with Crippen LogP contribution in [0.1, 0.15) is 48.0 Å². The quantitative estimate of drug-likeness (QED) is 0.413. The minimum atomic E-state index is -2.10. The van der Waals surface area contributed by atoms with E-state index in [0.717, 1.165) is 0 Å². The Morgan fingerprint density at radius 2 is 1.59 bits per heavy atom. The number of aromatic amines is 1. The molecule has 1 aromatic heterocycles. The van der Waals surface area contributed by atoms with Crippen LogP contribution in [0.15, 0.2) is 52.2 Å². The molecule has 3 atom stereocenters. The first-order valence-electron chi connectivity index (χ1n) is 12.9. The van der Waals surface area contributed by atoms with Gasteiger partial charge in [-0.3, -0.25) is 0 Å². The zero-order valence-electron chi connectivity index (χ0n) is 24.0. The zero-order chi connectivity index (χ0) is 27.9. The Hall–Kier alpha value is -0.877. The fourth-order valence-corrected chi connectivity index (χ4v) is 11.8. The molecule has 10 heteroatoms. The van der Waals surface area contributed by atoms with Crippen molar-refractivity contribution in [1.82, 2.24) is 9.55 Å². The van der Waals surface area contributed by atoms with Gasteiger partial charge in [0.25, 0.3) is 0 Å². The van der Waals surface area contributed by atoms with Crippen LogP contribution in [0, 0.1) is 0 Å². The van der Waals surface area contributed by atoms with Crippen molar-refractivity contribution in [2.45, 2.75) is 99.4 Å². The third kappa shape index (κ3) is 7.01. The van der Waals surface area contributed by atoms with Crippen molar-refractivity contribution in [2.24, 2.45) is 0 Å². The molecule has 3 rings (SSSR count). The molecule has 1 saturated heterocycles. The zero-order valence-corrected chi connectivity index (χ0v) is 28.5. The number of hydrogen-bond acceptors (Lipinski definition) is 5. The summed E-state index contributed by atoms with van der Waals surface area (Å²) in [5.74, 6) is 0. The van der Waals surface area contributed by atoms with Crippen molar-refractivity contribution in [3.63, 3.8) is 0 Å². The monoisotopic (exact) mass is 628 g/mol. The van der Waals surface area contributed by atoms with Crippen LogP contribution in [-0.4, -0.2) is 59.1 Å². The molecule has 37 heavy (non-hydrogen) atoms. The van der Waals surface area contributed by atoms with Crippen molar-refractivity contribution in [1.29, 1.82) is 0 Å². The first-order chi connectivity index (χ1) is 16.9. The Morgan fingerprint density at radius 1 is 1.00 bits per heavy atom. The first kappa shape index (κ1) is 30.7. The van der Waals surface area contributed by atoms with Crippen molar-refractivity contribution in [3.8, 4) is 0 Å². The van der Waals surface area contributed by atoms with Gasteiger partial charge in [0.15, 0.2) is 0 Å². The molecule has 1 aromatic carbocycles. The summed E-state index contributed by atoms with van der Waals surface area (Å²) in [4.78, 5) is 27.6. The van der Waals surface area contributed by atoms with Gasteiger partial charge < -0.3 is 0 Å². The van der Waals surface area contributed by atoms with E-state index in [0.29, 0.717) is 13.0 Å². The Balaban J connectivity index is 2.07. The first-order valence-corrected chi connectivity index (χ1v) is 21.3. The molecule has 0 aliphatic carbocycles. The summed E-state index contributed by atoms with van der Waals surface area (Å²) in [5.41, 5.74) is -0.742. The van der Waals surface area contributed by atoms with Gasteiger partial charge >= 0.3 is 236 Å². The van der Waals surface area contributed by atoms with Gasteiger partial charge in [0.2, 0.25) is 0 Å². The molecule has 1 aliphatic rings. The van der Waals surface area contributed by atoms with Crippen LogP contribution in [-0.2, 0) is 12.6 Å². The summed E-state index contributed by atoms with van der Waals surface area (Å²) in [6.45, 7) is 23.3. The molecule has 0 unspecified atom stereocenters. The van der Waals surface area contributed by atoms with E-state index in [-0.39, 0.29) is 47.6 Å². The van der Waals surface area contributed by atoms with Gasteiger partial charge in [-0.1, -0.05) is 0 Å². The van der Waals surface area contributed by atoms with E-state index < -0.39 is 20.4 Å². The second-order valence-electron chi connectivity index (χ2n) is 13.0. The standard InChI is InChI=1S/C27H44N2O4SSeSi2/c1-25(2,3)36(7,8)32-19-22-21(33-37(9,10)26(4,5)6)18-27(34-22,35-20-14-12-11-13-15-20)29-17-16-23(30)28-24(29)31/h11-17,21-22H,18-19H2,1-10H3,(H,28,30,31)/t21-,22+,27+/m0/s1. The van der Waals surface area contributed by atoms with E-state index in [9.17, 15) is 9.59 Å². The summed E-state index contributed by atoms with van der Waals surface area (Å²) in [6, 6.07) is 11.8. The maximum atomic E-state index is 13.2. The topological polar surface area (TPSA) is 73.3 Å². The maximum absolute atomic E-state index is 13.2. The van der Waals surface area contributed by atoms with Crippen LogP contribution >= 0.6 is 11.8 Å². The van der Waals surface area contributed by atoms with E-state index in [4.69, 9.17) is 8.85 Å². The summed E-state index contributed by atoms with van der Waals surface area (Å²) in [6.07, 6.45) is 2.30. The normalized spacial score (nSPS) is 23.4. The van der Waals surface area contributed by atoms with E-state index in [1.165, 1.54) is 10.5 Å². The molecule has 2 aromatic rings. The molecule has 1 fully saturated rings. The Morgan fingerprint density at radius 3 is 2.14 bits per heavy atom. The van der Waals surface area contributed by atoms with E-state index >= 15 is 0 Å². The van der Waals surface area contributed by atoms with Gasteiger partial charge in [0, 0.05) is 0 Å². The van der Waals surface area contributed by atoms with Crippen LogP contribution < -0.4 is 15.7 Å². The van der Waals surface area contributed by atoms with Gasteiger partial charge in [-0.25, -0.2) is 0 Å². The number of hydrogen-bond donors (Lipinski definition) is 1. The Kier molecular flexibility index (Phi) is 9.07. The third-order valence-electron chi connectivity index (χ3n) is 8.09. The van der Waals surface area contributed by atoms with Gasteiger partial charge in [0.1, 0.15) is 0 Å². The summed E-state index contributed by atoms with van der Waals surface area (Å²) in [7, 11) is -4.08. The van der Waals surface area contributed by atoms with Crippen molar-refractivity contribution in [3.05, 3.63) is 63.4 Å². The van der Waals surface area contributed by atoms with Crippen LogP contribution in [0.3, 0.4) is 0 Å². The van der Waals surface area contributed by atoms with E-state index in [1.54, 1.807) is 22.5 Å². The molecular weight excluding hydrogens is 584 g/mol. The van der Waals surface area contributed by atoms with Crippen molar-refractivity contribution >= 4 is 47.8 Å². The summed E-state index contributed by atoms with van der Waals surface area (Å²) in [5, 5.41) is 0.243. The van der Waals surface area contributed by atoms with Crippen LogP contribution in [0.25, 0.3) is 0 Å². The average Bonchev–Trinajstić information content (AvgIpc) is 3.08. The van der Waals surface area contributed by atoms with Crippen LogP contribution in [0.5, 0.6) is 0 Å². The van der Waals surface area contributed by atoms with Gasteiger partial charge in [-0.2, -0.15) is 0 Å². The predicted octanol–water partition coefficient (Wildman–Crippen LogP) is 5.09. The Bertz CT molecular complexity index is 1190. The SMILES string of the molecule is CC(C)(C)[Si](C)(C)OC[C@H]1S[C@]([Se]c2ccccc2)(n2ccc(=O)[nH]c2=O)C[C@@H]1O[Si](C)(C)C(C)(C)C. The summed E-state index contributed by atoms with van der Waals surface area (Å²) >= 11 is 1.70. The molecule has 0 spiro atoms. The molecule has 206 valence electrons. The van der Waals surface area contributed by atoms with Gasteiger partial charge in [-0.15, -0.1) is 0 Å². The van der Waals surface area contributed by atoms with Gasteiger partial charge in [-0.05, 0) is 0 Å². The number of rotatable bonds is 8. The molecule has 0 amide bonds. The molecule has 0 bridgehead atoms. The minimum absolute atomic E-state index is 0.0555. The number of nitrogens with zero attached hydrogens (tertiary/aromatic N) is 1. The molecule has 1 N–H and O–H groups in total. The molecule has 6 nitrogen and oxygen atoms in total. The van der Waals surface area contributed by atoms with Crippen molar-refractivity contribution in [2.75, 3.05) is 6.61 Å². The molecular formula is C27H44N2O4SSeSi2. The van der Waals surface area contributed by atoms with Crippen LogP contribution in [0.2, 0.25) is 36.3 Å². The molecule has 1 aliphatic heterocycles. The number of nitrogens with one attached hydrogen (secondary N) is 1. The van der Waals surface area contributed by atoms with Crippen LogP contribution in [0.4, 0.5) is 0 Å². The summed E-state index contributed by atoms with van der Waals surface area (Å²) < 4.78 is 16.3. The number of H-pyrrole nitrogens is 1. The van der Waals surface area contributed by atoms with Gasteiger partial charge in [0.05, 0.1) is 0 Å². The average molecular weight is 628 g/mol.